The number of carbonyl (C=O) groups is 2. The van der Waals surface area contributed by atoms with E-state index in [2.05, 4.69) is 0 Å². The summed E-state index contributed by atoms with van der Waals surface area (Å²) in [5.41, 5.74) is 4.27. The fraction of sp³-hybridized carbons (Fsp3) is 0.259. The first-order valence-electron chi connectivity index (χ1n) is 11.3. The van der Waals surface area contributed by atoms with Crippen LogP contribution in [0, 0.1) is 0 Å². The molecule has 174 valence electrons. The minimum absolute atomic E-state index is 0.0250. The number of halogens is 1. The van der Waals surface area contributed by atoms with Crippen molar-refractivity contribution < 1.29 is 24.5 Å². The van der Waals surface area contributed by atoms with E-state index in [0.29, 0.717) is 30.9 Å². The molecule has 3 aromatic carbocycles. The van der Waals surface area contributed by atoms with Crippen LogP contribution >= 0.6 is 11.6 Å². The average Bonchev–Trinajstić information content (AvgIpc) is 3.40. The quantitative estimate of drug-likeness (QED) is 0.512. The largest absolute Gasteiger partial charge is 0.489 e. The molecule has 0 radical (unpaired) electrons. The lowest BCUT2D eigenvalue weighted by molar-refractivity contribution is 0.0683. The highest BCUT2D eigenvalue weighted by Gasteiger charge is 2.36. The number of hydrogen-bond donors (Lipinski definition) is 2. The van der Waals surface area contributed by atoms with Crippen LogP contribution in [0.3, 0.4) is 0 Å². The number of ether oxygens (including phenoxy) is 1. The summed E-state index contributed by atoms with van der Waals surface area (Å²) >= 11 is 5.99. The third-order valence-electron chi connectivity index (χ3n) is 6.59. The second-order valence-electron chi connectivity index (χ2n) is 8.86. The summed E-state index contributed by atoms with van der Waals surface area (Å²) in [6.45, 7) is 0.874. The van der Waals surface area contributed by atoms with Crippen molar-refractivity contribution in [2.24, 2.45) is 0 Å². The predicted octanol–water partition coefficient (Wildman–Crippen LogP) is 5.15. The summed E-state index contributed by atoms with van der Waals surface area (Å²) in [5.74, 6) is -0.355. The molecule has 1 saturated carbocycles. The van der Waals surface area contributed by atoms with Crippen molar-refractivity contribution in [3.63, 3.8) is 0 Å². The molecule has 1 heterocycles. The molecular weight excluding hydrogens is 454 g/mol. The van der Waals surface area contributed by atoms with E-state index in [0.717, 1.165) is 35.1 Å². The van der Waals surface area contributed by atoms with Gasteiger partial charge in [0.25, 0.3) is 5.91 Å². The summed E-state index contributed by atoms with van der Waals surface area (Å²) in [7, 11) is 0. The van der Waals surface area contributed by atoms with Gasteiger partial charge < -0.3 is 19.8 Å². The van der Waals surface area contributed by atoms with Crippen LogP contribution in [0.2, 0.25) is 5.02 Å². The van der Waals surface area contributed by atoms with Crippen molar-refractivity contribution in [1.82, 2.24) is 4.90 Å². The molecule has 1 fully saturated rings. The van der Waals surface area contributed by atoms with E-state index in [1.807, 2.05) is 47.4 Å². The number of nitrogens with zero attached hydrogens (tertiary/aromatic N) is 1. The summed E-state index contributed by atoms with van der Waals surface area (Å²) in [4.78, 5) is 26.1. The number of carboxylic acid groups (broad SMARTS) is 1. The highest BCUT2D eigenvalue weighted by Crippen LogP contribution is 2.34. The van der Waals surface area contributed by atoms with Gasteiger partial charge in [-0.15, -0.1) is 0 Å². The highest BCUT2D eigenvalue weighted by atomic mass is 35.5. The van der Waals surface area contributed by atoms with Gasteiger partial charge >= 0.3 is 5.97 Å². The molecule has 0 spiro atoms. The Bertz CT molecular complexity index is 1270. The molecule has 5 rings (SSSR count). The lowest BCUT2D eigenvalue weighted by Crippen LogP contribution is -2.33. The molecule has 34 heavy (non-hydrogen) atoms. The maximum absolute atomic E-state index is 12.8. The van der Waals surface area contributed by atoms with Gasteiger partial charge in [-0.3, -0.25) is 4.79 Å². The Kier molecular flexibility index (Phi) is 6.02. The number of carboxylic acids is 1. The average molecular weight is 478 g/mol. The van der Waals surface area contributed by atoms with E-state index < -0.39 is 5.97 Å². The van der Waals surface area contributed by atoms with E-state index in [1.54, 1.807) is 18.2 Å². The molecule has 1 aliphatic carbocycles. The van der Waals surface area contributed by atoms with E-state index in [1.165, 1.54) is 0 Å². The first-order valence-corrected chi connectivity index (χ1v) is 11.6. The van der Waals surface area contributed by atoms with Gasteiger partial charge in [0.15, 0.2) is 0 Å². The van der Waals surface area contributed by atoms with Crippen LogP contribution in [0.15, 0.2) is 60.7 Å². The maximum atomic E-state index is 12.8. The van der Waals surface area contributed by atoms with Gasteiger partial charge in [-0.2, -0.15) is 0 Å². The summed E-state index contributed by atoms with van der Waals surface area (Å²) in [6.07, 6.45) is 1.90. The lowest BCUT2D eigenvalue weighted by Gasteiger charge is -2.23. The molecule has 7 heteroatoms. The number of amides is 1. The number of carbonyl (C=O) groups excluding carboxylic acids is 1. The summed E-state index contributed by atoms with van der Waals surface area (Å²) in [5, 5.41) is 19.4. The Hall–Kier alpha value is -3.35. The summed E-state index contributed by atoms with van der Waals surface area (Å²) in [6, 6.07) is 18.3. The van der Waals surface area contributed by atoms with E-state index in [-0.39, 0.29) is 28.6 Å². The van der Waals surface area contributed by atoms with E-state index in [9.17, 15) is 19.8 Å². The van der Waals surface area contributed by atoms with Crippen LogP contribution in [0.1, 0.15) is 51.1 Å². The van der Waals surface area contributed by atoms with Crippen molar-refractivity contribution in [3.05, 3.63) is 87.9 Å². The third kappa shape index (κ3) is 4.39. The Morgan fingerprint density at radius 2 is 1.88 bits per heavy atom. The van der Waals surface area contributed by atoms with Crippen molar-refractivity contribution in [2.75, 3.05) is 0 Å². The second-order valence-corrected chi connectivity index (χ2v) is 9.27. The minimum Gasteiger partial charge on any atom is -0.489 e. The molecule has 0 saturated heterocycles. The Labute approximate surface area is 202 Å². The number of fused-ring (bicyclic) bond motifs is 1. The fourth-order valence-corrected chi connectivity index (χ4v) is 5.00. The zero-order valence-corrected chi connectivity index (χ0v) is 19.2. The van der Waals surface area contributed by atoms with Crippen LogP contribution in [0.4, 0.5) is 0 Å². The first-order chi connectivity index (χ1) is 16.4. The number of aliphatic hydroxyl groups excluding tert-OH is 1. The number of hydrogen-bond acceptors (Lipinski definition) is 4. The molecule has 0 bridgehead atoms. The topological polar surface area (TPSA) is 87.1 Å². The molecule has 2 unspecified atom stereocenters. The molecule has 2 aliphatic rings. The van der Waals surface area contributed by atoms with Crippen molar-refractivity contribution in [3.8, 4) is 16.9 Å². The third-order valence-corrected chi connectivity index (χ3v) is 6.92. The van der Waals surface area contributed by atoms with Gasteiger partial charge in [0.05, 0.1) is 16.7 Å². The Morgan fingerprint density at radius 3 is 2.65 bits per heavy atom. The van der Waals surface area contributed by atoms with Gasteiger partial charge in [0, 0.05) is 18.2 Å². The molecule has 2 atom stereocenters. The van der Waals surface area contributed by atoms with E-state index >= 15 is 0 Å². The predicted molar refractivity (Wildman–Crippen MR) is 128 cm³/mol. The zero-order valence-electron chi connectivity index (χ0n) is 18.4. The van der Waals surface area contributed by atoms with Crippen molar-refractivity contribution in [1.29, 1.82) is 0 Å². The molecular formula is C27H24ClNO5. The first kappa shape index (κ1) is 22.4. The van der Waals surface area contributed by atoms with Crippen LogP contribution in [0.5, 0.6) is 5.75 Å². The highest BCUT2D eigenvalue weighted by molar-refractivity contribution is 6.33. The Morgan fingerprint density at radius 1 is 1.06 bits per heavy atom. The second kappa shape index (κ2) is 9.12. The van der Waals surface area contributed by atoms with Gasteiger partial charge in [-0.05, 0) is 77.9 Å². The van der Waals surface area contributed by atoms with E-state index in [4.69, 9.17) is 16.3 Å². The van der Waals surface area contributed by atoms with Crippen molar-refractivity contribution >= 4 is 23.5 Å². The number of rotatable bonds is 6. The maximum Gasteiger partial charge on any atom is 0.337 e. The SMILES string of the molecule is O=C(O)c1cc(-c2cccc(COc3ccc4c(c3)CN(C3CCC(O)C3)C4=O)c2)ccc1Cl. The molecule has 6 nitrogen and oxygen atoms in total. The number of aromatic carboxylic acids is 1. The smallest absolute Gasteiger partial charge is 0.337 e. The van der Waals surface area contributed by atoms with Gasteiger partial charge in [0.2, 0.25) is 0 Å². The van der Waals surface area contributed by atoms with Crippen molar-refractivity contribution in [2.45, 2.75) is 44.6 Å². The summed E-state index contributed by atoms with van der Waals surface area (Å²) < 4.78 is 6.02. The lowest BCUT2D eigenvalue weighted by atomic mass is 10.0. The molecule has 2 N–H and O–H groups in total. The number of aliphatic hydroxyl groups is 1. The monoisotopic (exact) mass is 477 g/mol. The molecule has 1 aliphatic heterocycles. The van der Waals surface area contributed by atoms with Crippen LogP contribution < -0.4 is 4.74 Å². The minimum atomic E-state index is -1.07. The standard InChI is InChI=1S/C27H24ClNO5/c28-25-9-4-18(12-24(25)27(32)33)17-3-1-2-16(10-17)15-34-22-7-8-23-19(11-22)14-29(26(23)31)20-5-6-21(30)13-20/h1-4,7-12,20-21,30H,5-6,13-15H2,(H,32,33). The molecule has 1 amide bonds. The van der Waals surface area contributed by atoms with Crippen LogP contribution in [0.25, 0.3) is 11.1 Å². The normalized spacial score (nSPS) is 19.4. The van der Waals surface area contributed by atoms with Gasteiger partial charge in [-0.25, -0.2) is 4.79 Å². The Balaban J connectivity index is 1.29. The molecule has 0 aromatic heterocycles. The number of benzene rings is 3. The van der Waals surface area contributed by atoms with Crippen LogP contribution in [-0.4, -0.2) is 39.1 Å². The van der Waals surface area contributed by atoms with Crippen LogP contribution in [-0.2, 0) is 13.2 Å². The zero-order chi connectivity index (χ0) is 23.8. The van der Waals surface area contributed by atoms with Gasteiger partial charge in [-0.1, -0.05) is 35.9 Å². The fourth-order valence-electron chi connectivity index (χ4n) is 4.80. The molecule has 3 aromatic rings. The van der Waals surface area contributed by atoms with Gasteiger partial charge in [0.1, 0.15) is 12.4 Å².